The summed E-state index contributed by atoms with van der Waals surface area (Å²) in [6, 6.07) is 0. The Labute approximate surface area is 92.7 Å². The molecule has 0 radical (unpaired) electrons. The van der Waals surface area contributed by atoms with Crippen molar-refractivity contribution in [2.45, 2.75) is 40.5 Å². The van der Waals surface area contributed by atoms with E-state index in [0.717, 1.165) is 0 Å². The topological polar surface area (TPSA) is 98.0 Å². The lowest BCUT2D eigenvalue weighted by Gasteiger charge is -2.16. The van der Waals surface area contributed by atoms with Crippen molar-refractivity contribution >= 4 is 16.8 Å². The maximum Gasteiger partial charge on any atom is 0.303 e. The Kier molecular flexibility index (Phi) is 8.04. The molecule has 0 rings (SSSR count). The Morgan fingerprint density at radius 2 is 1.60 bits per heavy atom. The van der Waals surface area contributed by atoms with Gasteiger partial charge in [0, 0.05) is 5.75 Å². The zero-order valence-electron chi connectivity index (χ0n) is 9.73. The SMILES string of the molecule is CC(C)(C)CC(=O)O.CCCS(O)(O)O. The van der Waals surface area contributed by atoms with Gasteiger partial charge in [-0.05, 0) is 11.8 Å². The quantitative estimate of drug-likeness (QED) is 0.609. The first-order valence-corrected chi connectivity index (χ1v) is 6.35. The summed E-state index contributed by atoms with van der Waals surface area (Å²) in [5.74, 6) is -0.634. The zero-order chi connectivity index (χ0) is 12.7. The molecule has 5 nitrogen and oxygen atoms in total. The van der Waals surface area contributed by atoms with Gasteiger partial charge in [0.25, 0.3) is 0 Å². The normalized spacial score (nSPS) is 12.7. The van der Waals surface area contributed by atoms with Crippen LogP contribution >= 0.6 is 10.9 Å². The zero-order valence-corrected chi connectivity index (χ0v) is 10.5. The van der Waals surface area contributed by atoms with Crippen LogP contribution in [0, 0.1) is 5.41 Å². The van der Waals surface area contributed by atoms with E-state index < -0.39 is 16.8 Å². The number of aliphatic carboxylic acids is 1. The lowest BCUT2D eigenvalue weighted by molar-refractivity contribution is -0.139. The van der Waals surface area contributed by atoms with Crippen molar-refractivity contribution in [2.75, 3.05) is 5.75 Å². The number of carbonyl (C=O) groups is 1. The van der Waals surface area contributed by atoms with Gasteiger partial charge in [0.2, 0.25) is 0 Å². The summed E-state index contributed by atoms with van der Waals surface area (Å²) in [5, 5.41) is 8.25. The first kappa shape index (κ1) is 17.1. The molecule has 0 aliphatic carbocycles. The van der Waals surface area contributed by atoms with E-state index >= 15 is 0 Å². The average molecular weight is 242 g/mol. The van der Waals surface area contributed by atoms with Crippen molar-refractivity contribution in [2.24, 2.45) is 5.41 Å². The minimum Gasteiger partial charge on any atom is -0.481 e. The lowest BCUT2D eigenvalue weighted by atomic mass is 9.93. The fourth-order valence-electron chi connectivity index (χ4n) is 0.728. The van der Waals surface area contributed by atoms with Crippen LogP contribution in [0.3, 0.4) is 0 Å². The third-order valence-corrected chi connectivity index (χ3v) is 2.12. The highest BCUT2D eigenvalue weighted by molar-refractivity contribution is 8.19. The van der Waals surface area contributed by atoms with Crippen molar-refractivity contribution in [1.29, 1.82) is 0 Å². The van der Waals surface area contributed by atoms with E-state index in [1.807, 2.05) is 20.8 Å². The molecule has 0 amide bonds. The highest BCUT2D eigenvalue weighted by atomic mass is 32.3. The summed E-state index contributed by atoms with van der Waals surface area (Å²) in [4.78, 5) is 10.0. The minimum absolute atomic E-state index is 0.0775. The van der Waals surface area contributed by atoms with Crippen molar-refractivity contribution < 1.29 is 23.6 Å². The first-order valence-electron chi connectivity index (χ1n) is 4.68. The summed E-state index contributed by atoms with van der Waals surface area (Å²) in [7, 11) is -3.17. The molecule has 0 aromatic carbocycles. The fourth-order valence-corrected chi connectivity index (χ4v) is 1.28. The Balaban J connectivity index is 0. The largest absolute Gasteiger partial charge is 0.481 e. The highest BCUT2D eigenvalue weighted by Crippen LogP contribution is 2.32. The molecule has 0 aliphatic heterocycles. The van der Waals surface area contributed by atoms with Gasteiger partial charge in [-0.25, -0.2) is 0 Å². The van der Waals surface area contributed by atoms with Gasteiger partial charge < -0.3 is 18.8 Å². The number of hydrogen-bond acceptors (Lipinski definition) is 4. The number of rotatable bonds is 3. The fraction of sp³-hybridized carbons (Fsp3) is 0.889. The average Bonchev–Trinajstić information content (AvgIpc) is 1.77. The van der Waals surface area contributed by atoms with Gasteiger partial charge in [-0.15, -0.1) is 0 Å². The molecule has 0 saturated carbocycles. The van der Waals surface area contributed by atoms with Gasteiger partial charge in [-0.2, -0.15) is 0 Å². The van der Waals surface area contributed by atoms with Gasteiger partial charge in [0.05, 0.1) is 17.3 Å². The van der Waals surface area contributed by atoms with Gasteiger partial charge in [-0.1, -0.05) is 27.7 Å². The Bertz CT molecular complexity index is 180. The van der Waals surface area contributed by atoms with Crippen LogP contribution in [0.2, 0.25) is 0 Å². The van der Waals surface area contributed by atoms with E-state index in [0.29, 0.717) is 6.42 Å². The molecule has 0 saturated heterocycles. The lowest BCUT2D eigenvalue weighted by Crippen LogP contribution is -2.11. The van der Waals surface area contributed by atoms with E-state index in [1.54, 1.807) is 6.92 Å². The number of carboxylic acid groups (broad SMARTS) is 1. The van der Waals surface area contributed by atoms with Crippen molar-refractivity contribution in [3.8, 4) is 0 Å². The number of carboxylic acids is 1. The molecular formula is C9H22O5S. The molecule has 0 atom stereocenters. The molecule has 0 aliphatic rings. The first-order chi connectivity index (χ1) is 6.48. The molecule has 0 bridgehead atoms. The van der Waals surface area contributed by atoms with E-state index in [9.17, 15) is 4.79 Å². The standard InChI is InChI=1S/C6H12O2.C3H10O3S/c1-6(2,3)4-5(7)8;1-2-3-7(4,5)6/h4H2,1-3H3,(H,7,8);4-6H,2-3H2,1H3. The van der Waals surface area contributed by atoms with E-state index in [1.165, 1.54) is 0 Å². The molecule has 0 heterocycles. The second-order valence-corrected chi connectivity index (χ2v) is 6.14. The molecular weight excluding hydrogens is 220 g/mol. The molecule has 94 valence electrons. The van der Waals surface area contributed by atoms with Crippen LogP contribution in [-0.4, -0.2) is 30.5 Å². The Morgan fingerprint density at radius 1 is 1.20 bits per heavy atom. The summed E-state index contributed by atoms with van der Waals surface area (Å²) < 4.78 is 24.6. The monoisotopic (exact) mass is 242 g/mol. The smallest absolute Gasteiger partial charge is 0.303 e. The summed E-state index contributed by atoms with van der Waals surface area (Å²) in [6.45, 7) is 7.48. The second kappa shape index (κ2) is 7.05. The van der Waals surface area contributed by atoms with Crippen LogP contribution in [0.25, 0.3) is 0 Å². The predicted molar refractivity (Wildman–Crippen MR) is 62.3 cm³/mol. The summed E-state index contributed by atoms with van der Waals surface area (Å²) in [6.07, 6.45) is 0.839. The van der Waals surface area contributed by atoms with Crippen LogP contribution < -0.4 is 0 Å². The molecule has 0 fully saturated rings. The maximum absolute atomic E-state index is 10.0. The van der Waals surface area contributed by atoms with Crippen LogP contribution in [-0.2, 0) is 4.79 Å². The highest BCUT2D eigenvalue weighted by Gasteiger charge is 2.13. The minimum atomic E-state index is -3.17. The van der Waals surface area contributed by atoms with Crippen LogP contribution in [0.5, 0.6) is 0 Å². The Morgan fingerprint density at radius 3 is 1.60 bits per heavy atom. The molecule has 0 aromatic heterocycles. The molecule has 0 spiro atoms. The van der Waals surface area contributed by atoms with E-state index in [2.05, 4.69) is 0 Å². The van der Waals surface area contributed by atoms with Crippen LogP contribution in [0.15, 0.2) is 0 Å². The van der Waals surface area contributed by atoms with Crippen LogP contribution in [0.1, 0.15) is 40.5 Å². The van der Waals surface area contributed by atoms with E-state index in [-0.39, 0.29) is 17.6 Å². The Hall–Kier alpha value is -0.300. The van der Waals surface area contributed by atoms with Gasteiger partial charge in [0.1, 0.15) is 0 Å². The second-order valence-electron chi connectivity index (χ2n) is 4.47. The number of hydrogen-bond donors (Lipinski definition) is 4. The van der Waals surface area contributed by atoms with Crippen molar-refractivity contribution in [1.82, 2.24) is 0 Å². The maximum atomic E-state index is 10.0. The van der Waals surface area contributed by atoms with Crippen LogP contribution in [0.4, 0.5) is 0 Å². The van der Waals surface area contributed by atoms with Crippen molar-refractivity contribution in [3.05, 3.63) is 0 Å². The third kappa shape index (κ3) is 24.8. The summed E-state index contributed by atoms with van der Waals surface area (Å²) >= 11 is 0. The van der Waals surface area contributed by atoms with Crippen molar-refractivity contribution in [3.63, 3.8) is 0 Å². The van der Waals surface area contributed by atoms with Gasteiger partial charge >= 0.3 is 5.97 Å². The van der Waals surface area contributed by atoms with Gasteiger partial charge in [-0.3, -0.25) is 4.79 Å². The molecule has 0 unspecified atom stereocenters. The van der Waals surface area contributed by atoms with Gasteiger partial charge in [0.15, 0.2) is 0 Å². The van der Waals surface area contributed by atoms with E-state index in [4.69, 9.17) is 18.8 Å². The molecule has 15 heavy (non-hydrogen) atoms. The summed E-state index contributed by atoms with van der Waals surface area (Å²) in [5.41, 5.74) is -0.0775. The molecule has 6 heteroatoms. The molecule has 4 N–H and O–H groups in total. The third-order valence-electron chi connectivity index (χ3n) is 1.16. The predicted octanol–water partition coefficient (Wildman–Crippen LogP) is 3.13. The molecule has 0 aromatic rings.